The molecule has 1 N–H and O–H groups in total. The van der Waals surface area contributed by atoms with Crippen LogP contribution < -0.4 is 5.32 Å². The van der Waals surface area contributed by atoms with Crippen LogP contribution in [0.2, 0.25) is 0 Å². The number of nitrogens with one attached hydrogen (secondary N) is 1. The van der Waals surface area contributed by atoms with E-state index in [-0.39, 0.29) is 16.3 Å². The summed E-state index contributed by atoms with van der Waals surface area (Å²) in [4.78, 5) is 0. The summed E-state index contributed by atoms with van der Waals surface area (Å²) in [5.74, 6) is -0.744. The maximum Gasteiger partial charge on any atom is 0.137 e. The van der Waals surface area contributed by atoms with Crippen molar-refractivity contribution in [3.05, 3.63) is 33.8 Å². The summed E-state index contributed by atoms with van der Waals surface area (Å²) < 4.78 is 28.0. The van der Waals surface area contributed by atoms with E-state index in [1.807, 2.05) is 0 Å². The number of benzene rings is 1. The van der Waals surface area contributed by atoms with Crippen LogP contribution in [-0.4, -0.2) is 6.54 Å². The van der Waals surface area contributed by atoms with Crippen LogP contribution >= 0.6 is 15.9 Å². The van der Waals surface area contributed by atoms with Gasteiger partial charge in [0.2, 0.25) is 0 Å². The minimum atomic E-state index is -0.402. The molecule has 120 valence electrons. The minimum Gasteiger partial charge on any atom is -0.310 e. The summed E-state index contributed by atoms with van der Waals surface area (Å²) in [7, 11) is 0. The highest BCUT2D eigenvalue weighted by atomic mass is 79.9. The van der Waals surface area contributed by atoms with Crippen molar-refractivity contribution in [3.8, 4) is 0 Å². The Kier molecular flexibility index (Phi) is 9.09. The van der Waals surface area contributed by atoms with Gasteiger partial charge in [-0.25, -0.2) is 8.78 Å². The lowest BCUT2D eigenvalue weighted by atomic mass is 9.99. The molecule has 0 aromatic heterocycles. The standard InChI is InChI=1S/C17H26BrF2N/c1-3-5-6-7-8-9-17(21-10-4-2)13-11-16(20)14(18)12-15(13)19/h11-12,17,21H,3-10H2,1-2H3. The zero-order chi connectivity index (χ0) is 15.7. The predicted octanol–water partition coefficient (Wildman–Crippen LogP) is 6.13. The second-order valence-corrected chi connectivity index (χ2v) is 6.35. The Morgan fingerprint density at radius 1 is 1.00 bits per heavy atom. The lowest BCUT2D eigenvalue weighted by Gasteiger charge is -2.20. The quantitative estimate of drug-likeness (QED) is 0.390. The molecule has 0 saturated heterocycles. The molecule has 1 aromatic carbocycles. The Bertz CT molecular complexity index is 423. The van der Waals surface area contributed by atoms with E-state index in [9.17, 15) is 8.78 Å². The van der Waals surface area contributed by atoms with Crippen molar-refractivity contribution >= 4 is 15.9 Å². The molecule has 0 bridgehead atoms. The van der Waals surface area contributed by atoms with Gasteiger partial charge >= 0.3 is 0 Å². The van der Waals surface area contributed by atoms with Gasteiger partial charge in [-0.3, -0.25) is 0 Å². The molecular weight excluding hydrogens is 336 g/mol. The van der Waals surface area contributed by atoms with Crippen LogP contribution in [0.3, 0.4) is 0 Å². The number of halogens is 3. The molecule has 0 fully saturated rings. The fourth-order valence-electron chi connectivity index (χ4n) is 2.44. The predicted molar refractivity (Wildman–Crippen MR) is 88.5 cm³/mol. The highest BCUT2D eigenvalue weighted by molar-refractivity contribution is 9.10. The molecule has 1 nitrogen and oxygen atoms in total. The largest absolute Gasteiger partial charge is 0.310 e. The number of hydrogen-bond donors (Lipinski definition) is 1. The van der Waals surface area contributed by atoms with Gasteiger partial charge in [-0.2, -0.15) is 0 Å². The smallest absolute Gasteiger partial charge is 0.137 e. The normalized spacial score (nSPS) is 12.6. The van der Waals surface area contributed by atoms with Gasteiger partial charge < -0.3 is 5.32 Å². The van der Waals surface area contributed by atoms with Crippen LogP contribution in [0.25, 0.3) is 0 Å². The van der Waals surface area contributed by atoms with Gasteiger partial charge in [0.05, 0.1) is 4.47 Å². The average Bonchev–Trinajstić information content (AvgIpc) is 2.46. The third kappa shape index (κ3) is 6.43. The highest BCUT2D eigenvalue weighted by Crippen LogP contribution is 2.27. The van der Waals surface area contributed by atoms with E-state index < -0.39 is 5.82 Å². The molecule has 4 heteroatoms. The monoisotopic (exact) mass is 361 g/mol. The second-order valence-electron chi connectivity index (χ2n) is 5.50. The van der Waals surface area contributed by atoms with Gasteiger partial charge in [0.1, 0.15) is 11.6 Å². The zero-order valence-electron chi connectivity index (χ0n) is 13.0. The minimum absolute atomic E-state index is 0.103. The molecule has 0 radical (unpaired) electrons. The van der Waals surface area contributed by atoms with E-state index in [0.717, 1.165) is 32.2 Å². The summed E-state index contributed by atoms with van der Waals surface area (Å²) >= 11 is 3.03. The van der Waals surface area contributed by atoms with Crippen LogP contribution in [-0.2, 0) is 0 Å². The summed E-state index contributed by atoms with van der Waals surface area (Å²) in [6.45, 7) is 5.08. The molecule has 0 aliphatic carbocycles. The van der Waals surface area contributed by atoms with Crippen LogP contribution in [0.1, 0.15) is 70.4 Å². The van der Waals surface area contributed by atoms with Crippen molar-refractivity contribution in [3.63, 3.8) is 0 Å². The molecule has 0 spiro atoms. The first kappa shape index (κ1) is 18.6. The fourth-order valence-corrected chi connectivity index (χ4v) is 2.76. The summed E-state index contributed by atoms with van der Waals surface area (Å²) in [6, 6.07) is 2.44. The van der Waals surface area contributed by atoms with Crippen molar-refractivity contribution in [2.45, 2.75) is 64.8 Å². The van der Waals surface area contributed by atoms with Gasteiger partial charge in [0, 0.05) is 11.6 Å². The van der Waals surface area contributed by atoms with Crippen molar-refractivity contribution < 1.29 is 8.78 Å². The van der Waals surface area contributed by atoms with Crippen molar-refractivity contribution in [2.75, 3.05) is 6.54 Å². The van der Waals surface area contributed by atoms with E-state index in [0.29, 0.717) is 5.56 Å². The molecular formula is C17H26BrF2N. The van der Waals surface area contributed by atoms with Crippen LogP contribution in [0.4, 0.5) is 8.78 Å². The van der Waals surface area contributed by atoms with Gasteiger partial charge in [0.25, 0.3) is 0 Å². The Labute approximate surface area is 135 Å². The van der Waals surface area contributed by atoms with Gasteiger partial charge in [-0.15, -0.1) is 0 Å². The molecule has 0 heterocycles. The number of unbranched alkanes of at least 4 members (excludes halogenated alkanes) is 4. The fraction of sp³-hybridized carbons (Fsp3) is 0.647. The number of rotatable bonds is 10. The topological polar surface area (TPSA) is 12.0 Å². The van der Waals surface area contributed by atoms with Gasteiger partial charge in [0.15, 0.2) is 0 Å². The first-order valence-corrected chi connectivity index (χ1v) is 8.77. The highest BCUT2D eigenvalue weighted by Gasteiger charge is 2.17. The van der Waals surface area contributed by atoms with Gasteiger partial charge in [-0.1, -0.05) is 46.0 Å². The summed E-state index contributed by atoms with van der Waals surface area (Å²) in [5.41, 5.74) is 0.444. The third-order valence-electron chi connectivity index (χ3n) is 3.65. The first-order chi connectivity index (χ1) is 10.1. The zero-order valence-corrected chi connectivity index (χ0v) is 14.6. The Hall–Kier alpha value is -0.480. The van der Waals surface area contributed by atoms with Crippen molar-refractivity contribution in [2.24, 2.45) is 0 Å². The first-order valence-electron chi connectivity index (χ1n) is 7.98. The average molecular weight is 362 g/mol. The Morgan fingerprint density at radius 3 is 2.38 bits per heavy atom. The van der Waals surface area contributed by atoms with Crippen LogP contribution in [0, 0.1) is 11.6 Å². The van der Waals surface area contributed by atoms with E-state index >= 15 is 0 Å². The van der Waals surface area contributed by atoms with Crippen molar-refractivity contribution in [1.82, 2.24) is 5.32 Å². The second kappa shape index (κ2) is 10.3. The molecule has 21 heavy (non-hydrogen) atoms. The SMILES string of the molecule is CCCCCCCC(NCCC)c1cc(F)c(Br)cc1F. The summed E-state index contributed by atoms with van der Waals surface area (Å²) in [6.07, 6.45) is 7.69. The van der Waals surface area contributed by atoms with Crippen LogP contribution in [0.5, 0.6) is 0 Å². The molecule has 0 saturated carbocycles. The Morgan fingerprint density at radius 2 is 1.71 bits per heavy atom. The maximum absolute atomic E-state index is 14.1. The van der Waals surface area contributed by atoms with Crippen LogP contribution in [0.15, 0.2) is 16.6 Å². The molecule has 1 rings (SSSR count). The molecule has 1 aromatic rings. The lowest BCUT2D eigenvalue weighted by molar-refractivity contribution is 0.446. The maximum atomic E-state index is 14.1. The van der Waals surface area contributed by atoms with Gasteiger partial charge in [-0.05, 0) is 47.4 Å². The van der Waals surface area contributed by atoms with E-state index in [4.69, 9.17) is 0 Å². The number of hydrogen-bond acceptors (Lipinski definition) is 1. The molecule has 0 amide bonds. The lowest BCUT2D eigenvalue weighted by Crippen LogP contribution is -2.23. The molecule has 1 unspecified atom stereocenters. The van der Waals surface area contributed by atoms with E-state index in [2.05, 4.69) is 35.1 Å². The molecule has 0 aliphatic heterocycles. The van der Waals surface area contributed by atoms with E-state index in [1.54, 1.807) is 0 Å². The molecule has 0 aliphatic rings. The summed E-state index contributed by atoms with van der Waals surface area (Å²) in [5, 5.41) is 3.34. The molecule has 1 atom stereocenters. The third-order valence-corrected chi connectivity index (χ3v) is 4.26. The van der Waals surface area contributed by atoms with E-state index in [1.165, 1.54) is 31.4 Å². The van der Waals surface area contributed by atoms with Crippen molar-refractivity contribution in [1.29, 1.82) is 0 Å². The Balaban J connectivity index is 2.70.